The number of anilines is 1. The normalized spacial score (nSPS) is 12.5. The maximum absolute atomic E-state index is 5.70. The lowest BCUT2D eigenvalue weighted by Crippen LogP contribution is -2.06. The molecule has 0 aliphatic carbocycles. The van der Waals surface area contributed by atoms with Gasteiger partial charge >= 0.3 is 0 Å². The summed E-state index contributed by atoms with van der Waals surface area (Å²) in [5.74, 6) is 0.922. The molecule has 3 heteroatoms. The van der Waals surface area contributed by atoms with Crippen LogP contribution < -0.4 is 11.1 Å². The van der Waals surface area contributed by atoms with Crippen LogP contribution in [0.15, 0.2) is 18.3 Å². The van der Waals surface area contributed by atoms with E-state index in [-0.39, 0.29) is 6.04 Å². The van der Waals surface area contributed by atoms with Crippen molar-refractivity contribution in [2.45, 2.75) is 26.3 Å². The first kappa shape index (κ1) is 9.99. The van der Waals surface area contributed by atoms with Crippen molar-refractivity contribution < 1.29 is 0 Å². The molecule has 0 aliphatic rings. The molecule has 3 nitrogen and oxygen atoms in total. The topological polar surface area (TPSA) is 50.9 Å². The summed E-state index contributed by atoms with van der Waals surface area (Å²) in [5.41, 5.74) is 6.77. The van der Waals surface area contributed by atoms with Gasteiger partial charge in [0.1, 0.15) is 5.82 Å². The van der Waals surface area contributed by atoms with E-state index in [1.165, 1.54) is 0 Å². The molecule has 1 aromatic rings. The van der Waals surface area contributed by atoms with E-state index in [1.807, 2.05) is 25.3 Å². The summed E-state index contributed by atoms with van der Waals surface area (Å²) in [6, 6.07) is 4.04. The maximum atomic E-state index is 5.70. The number of hydrogen-bond acceptors (Lipinski definition) is 3. The smallest absolute Gasteiger partial charge is 0.125 e. The van der Waals surface area contributed by atoms with E-state index in [0.29, 0.717) is 0 Å². The molecule has 72 valence electrons. The highest BCUT2D eigenvalue weighted by Crippen LogP contribution is 2.10. The fourth-order valence-corrected chi connectivity index (χ4v) is 1.03. The van der Waals surface area contributed by atoms with Gasteiger partial charge in [-0.15, -0.1) is 0 Å². The average molecular weight is 179 g/mol. The van der Waals surface area contributed by atoms with Crippen LogP contribution in [0.3, 0.4) is 0 Å². The molecule has 0 amide bonds. The van der Waals surface area contributed by atoms with E-state index in [2.05, 4.69) is 17.2 Å². The van der Waals surface area contributed by atoms with Crippen molar-refractivity contribution in [1.82, 2.24) is 4.98 Å². The summed E-state index contributed by atoms with van der Waals surface area (Å²) in [4.78, 5) is 4.25. The number of aromatic nitrogens is 1. The molecule has 0 aromatic carbocycles. The van der Waals surface area contributed by atoms with Gasteiger partial charge in [-0.2, -0.15) is 0 Å². The standard InChI is InChI=1S/C10H17N3/c1-3-6-12-10-5-4-9(7-13-10)8(2)11/h4-5,7-8H,3,6,11H2,1-2H3,(H,12,13)/t8-/m1/s1. The first-order valence-corrected chi connectivity index (χ1v) is 4.69. The molecule has 3 N–H and O–H groups in total. The third kappa shape index (κ3) is 3.03. The largest absolute Gasteiger partial charge is 0.370 e. The van der Waals surface area contributed by atoms with Gasteiger partial charge in [0.25, 0.3) is 0 Å². The minimum absolute atomic E-state index is 0.0627. The zero-order chi connectivity index (χ0) is 9.68. The molecular formula is C10H17N3. The van der Waals surface area contributed by atoms with Gasteiger partial charge in [0.05, 0.1) is 0 Å². The SMILES string of the molecule is CCCNc1ccc([C@@H](C)N)cn1. The predicted molar refractivity (Wildman–Crippen MR) is 55.6 cm³/mol. The number of rotatable bonds is 4. The molecule has 0 saturated carbocycles. The summed E-state index contributed by atoms with van der Waals surface area (Å²) < 4.78 is 0. The van der Waals surface area contributed by atoms with Crippen molar-refractivity contribution in [2.75, 3.05) is 11.9 Å². The van der Waals surface area contributed by atoms with E-state index in [0.717, 1.165) is 24.3 Å². The molecule has 0 fully saturated rings. The Bertz CT molecular complexity index is 241. The first-order valence-electron chi connectivity index (χ1n) is 4.69. The zero-order valence-corrected chi connectivity index (χ0v) is 8.25. The molecule has 0 saturated heterocycles. The van der Waals surface area contributed by atoms with Gasteiger partial charge < -0.3 is 11.1 Å². The Labute approximate surface area is 79.4 Å². The Kier molecular flexibility index (Phi) is 3.71. The van der Waals surface area contributed by atoms with E-state index in [4.69, 9.17) is 5.73 Å². The Morgan fingerprint density at radius 2 is 2.31 bits per heavy atom. The van der Waals surface area contributed by atoms with Gasteiger partial charge in [-0.05, 0) is 25.0 Å². The first-order chi connectivity index (χ1) is 6.24. The summed E-state index contributed by atoms with van der Waals surface area (Å²) in [6.07, 6.45) is 2.93. The highest BCUT2D eigenvalue weighted by atomic mass is 15.0. The predicted octanol–water partition coefficient (Wildman–Crippen LogP) is 1.92. The Morgan fingerprint density at radius 1 is 1.54 bits per heavy atom. The van der Waals surface area contributed by atoms with Gasteiger partial charge in [-0.3, -0.25) is 0 Å². The van der Waals surface area contributed by atoms with Crippen LogP contribution in [0.1, 0.15) is 31.9 Å². The minimum Gasteiger partial charge on any atom is -0.370 e. The van der Waals surface area contributed by atoms with Crippen molar-refractivity contribution in [1.29, 1.82) is 0 Å². The molecule has 0 bridgehead atoms. The number of nitrogens with one attached hydrogen (secondary N) is 1. The third-order valence-electron chi connectivity index (χ3n) is 1.87. The summed E-state index contributed by atoms with van der Waals surface area (Å²) in [5, 5.41) is 3.21. The second-order valence-corrected chi connectivity index (χ2v) is 3.19. The van der Waals surface area contributed by atoms with Crippen LogP contribution in [-0.2, 0) is 0 Å². The molecule has 13 heavy (non-hydrogen) atoms. The van der Waals surface area contributed by atoms with Crippen LogP contribution in [0.2, 0.25) is 0 Å². The molecule has 1 aromatic heterocycles. The molecule has 0 spiro atoms. The van der Waals surface area contributed by atoms with Crippen molar-refractivity contribution in [3.63, 3.8) is 0 Å². The van der Waals surface area contributed by atoms with Gasteiger partial charge in [-0.25, -0.2) is 4.98 Å². The van der Waals surface area contributed by atoms with Crippen LogP contribution in [0.25, 0.3) is 0 Å². The number of pyridine rings is 1. The Morgan fingerprint density at radius 3 is 2.77 bits per heavy atom. The van der Waals surface area contributed by atoms with Gasteiger partial charge in [0, 0.05) is 18.8 Å². The van der Waals surface area contributed by atoms with Crippen LogP contribution in [-0.4, -0.2) is 11.5 Å². The Balaban J connectivity index is 2.59. The molecule has 1 atom stereocenters. The van der Waals surface area contributed by atoms with Crippen LogP contribution in [0, 0.1) is 0 Å². The van der Waals surface area contributed by atoms with Gasteiger partial charge in [-0.1, -0.05) is 13.0 Å². The van der Waals surface area contributed by atoms with Crippen molar-refractivity contribution >= 4 is 5.82 Å². The summed E-state index contributed by atoms with van der Waals surface area (Å²) in [7, 11) is 0. The minimum atomic E-state index is 0.0627. The Hall–Kier alpha value is -1.09. The fourth-order valence-electron chi connectivity index (χ4n) is 1.03. The van der Waals surface area contributed by atoms with Crippen molar-refractivity contribution in [3.8, 4) is 0 Å². The molecule has 0 aliphatic heterocycles. The lowest BCUT2D eigenvalue weighted by atomic mass is 10.1. The van der Waals surface area contributed by atoms with E-state index in [1.54, 1.807) is 0 Å². The monoisotopic (exact) mass is 179 g/mol. The maximum Gasteiger partial charge on any atom is 0.125 e. The van der Waals surface area contributed by atoms with Crippen molar-refractivity contribution in [2.24, 2.45) is 5.73 Å². The molecule has 1 heterocycles. The fraction of sp³-hybridized carbons (Fsp3) is 0.500. The molecule has 1 rings (SSSR count). The number of nitrogens with zero attached hydrogens (tertiary/aromatic N) is 1. The molecule has 0 unspecified atom stereocenters. The highest BCUT2D eigenvalue weighted by Gasteiger charge is 1.98. The quantitative estimate of drug-likeness (QED) is 0.742. The molecule has 0 radical (unpaired) electrons. The lowest BCUT2D eigenvalue weighted by molar-refractivity contribution is 0.811. The second kappa shape index (κ2) is 4.82. The van der Waals surface area contributed by atoms with Gasteiger partial charge in [0.2, 0.25) is 0 Å². The van der Waals surface area contributed by atoms with Crippen molar-refractivity contribution in [3.05, 3.63) is 23.9 Å². The lowest BCUT2D eigenvalue weighted by Gasteiger charge is -2.07. The van der Waals surface area contributed by atoms with E-state index < -0.39 is 0 Å². The van der Waals surface area contributed by atoms with E-state index in [9.17, 15) is 0 Å². The van der Waals surface area contributed by atoms with Crippen LogP contribution in [0.5, 0.6) is 0 Å². The number of hydrogen-bond donors (Lipinski definition) is 2. The van der Waals surface area contributed by atoms with Crippen LogP contribution in [0.4, 0.5) is 5.82 Å². The molecular weight excluding hydrogens is 162 g/mol. The van der Waals surface area contributed by atoms with E-state index >= 15 is 0 Å². The summed E-state index contributed by atoms with van der Waals surface area (Å²) >= 11 is 0. The average Bonchev–Trinajstić information content (AvgIpc) is 2.15. The highest BCUT2D eigenvalue weighted by molar-refractivity contribution is 5.35. The third-order valence-corrected chi connectivity index (χ3v) is 1.87. The van der Waals surface area contributed by atoms with Gasteiger partial charge in [0.15, 0.2) is 0 Å². The second-order valence-electron chi connectivity index (χ2n) is 3.19. The van der Waals surface area contributed by atoms with Crippen LogP contribution >= 0.6 is 0 Å². The zero-order valence-electron chi connectivity index (χ0n) is 8.25. The number of nitrogens with two attached hydrogens (primary N) is 1. The summed E-state index contributed by atoms with van der Waals surface area (Å²) in [6.45, 7) is 5.05.